The summed E-state index contributed by atoms with van der Waals surface area (Å²) in [5.41, 5.74) is 5.85. The fourth-order valence-corrected chi connectivity index (χ4v) is 1.73. The van der Waals surface area contributed by atoms with Crippen LogP contribution in [0.1, 0.15) is 39.2 Å². The highest BCUT2D eigenvalue weighted by molar-refractivity contribution is 5.97. The average molecular weight is 293 g/mol. The van der Waals surface area contributed by atoms with Crippen LogP contribution in [0.2, 0.25) is 0 Å². The summed E-state index contributed by atoms with van der Waals surface area (Å²) in [6, 6.07) is 6.65. The lowest BCUT2D eigenvalue weighted by molar-refractivity contribution is -0.125. The van der Waals surface area contributed by atoms with E-state index in [-0.39, 0.29) is 23.9 Å². The highest BCUT2D eigenvalue weighted by Gasteiger charge is 2.21. The van der Waals surface area contributed by atoms with E-state index in [2.05, 4.69) is 10.5 Å². The number of carbonyl (C=O) groups is 1. The Hall–Kier alpha value is -2.24. The van der Waals surface area contributed by atoms with E-state index in [0.717, 1.165) is 12.8 Å². The summed E-state index contributed by atoms with van der Waals surface area (Å²) in [6.45, 7) is 6.04. The summed E-state index contributed by atoms with van der Waals surface area (Å²) in [5, 5.41) is 14.4. The third-order valence-electron chi connectivity index (χ3n) is 3.63. The lowest BCUT2D eigenvalue weighted by Crippen LogP contribution is -2.46. The van der Waals surface area contributed by atoms with Crippen molar-refractivity contribution >= 4 is 11.7 Å². The van der Waals surface area contributed by atoms with Gasteiger partial charge in [0.25, 0.3) is 5.91 Å². The molecule has 6 nitrogen and oxygen atoms in total. The number of amidine groups is 1. The quantitative estimate of drug-likeness (QED) is 0.309. The minimum atomic E-state index is -0.198. The van der Waals surface area contributed by atoms with Gasteiger partial charge in [0.1, 0.15) is 5.75 Å². The third kappa shape index (κ3) is 4.98. The fourth-order valence-electron chi connectivity index (χ4n) is 1.73. The monoisotopic (exact) mass is 293 g/mol. The highest BCUT2D eigenvalue weighted by atomic mass is 16.5. The van der Waals surface area contributed by atoms with Crippen LogP contribution in [-0.4, -0.2) is 29.1 Å². The first-order chi connectivity index (χ1) is 9.94. The number of nitrogens with one attached hydrogen (secondary N) is 1. The standard InChI is InChI=1S/C15H23N3O3/c1-4-15(3,5-2)17-13(19)10-21-12-8-6-11(7-9-12)14(16)18-20/h6-9,20H,4-5,10H2,1-3H3,(H2,16,18)(H,17,19). The summed E-state index contributed by atoms with van der Waals surface area (Å²) in [6.07, 6.45) is 1.73. The topological polar surface area (TPSA) is 96.9 Å². The van der Waals surface area contributed by atoms with E-state index in [0.29, 0.717) is 11.3 Å². The predicted molar refractivity (Wildman–Crippen MR) is 81.6 cm³/mol. The molecule has 0 heterocycles. The zero-order valence-electron chi connectivity index (χ0n) is 12.7. The largest absolute Gasteiger partial charge is 0.484 e. The van der Waals surface area contributed by atoms with Gasteiger partial charge in [0.2, 0.25) is 0 Å². The first-order valence-electron chi connectivity index (χ1n) is 6.96. The number of carbonyl (C=O) groups excluding carboxylic acids is 1. The first kappa shape index (κ1) is 16.8. The highest BCUT2D eigenvalue weighted by Crippen LogP contribution is 2.14. The molecule has 0 unspecified atom stereocenters. The Kier molecular flexibility index (Phi) is 6.02. The van der Waals surface area contributed by atoms with Crippen LogP contribution in [-0.2, 0) is 4.79 Å². The number of hydrogen-bond donors (Lipinski definition) is 3. The van der Waals surface area contributed by atoms with E-state index in [1.807, 2.05) is 20.8 Å². The smallest absolute Gasteiger partial charge is 0.258 e. The van der Waals surface area contributed by atoms with Crippen LogP contribution < -0.4 is 15.8 Å². The molecule has 1 aromatic rings. The van der Waals surface area contributed by atoms with Crippen LogP contribution in [0.4, 0.5) is 0 Å². The van der Waals surface area contributed by atoms with E-state index >= 15 is 0 Å². The molecular formula is C15H23N3O3. The van der Waals surface area contributed by atoms with E-state index in [1.54, 1.807) is 24.3 Å². The Bertz CT molecular complexity index is 493. The van der Waals surface area contributed by atoms with Gasteiger partial charge in [-0.3, -0.25) is 4.79 Å². The van der Waals surface area contributed by atoms with Crippen molar-refractivity contribution in [1.29, 1.82) is 0 Å². The van der Waals surface area contributed by atoms with Crippen LogP contribution in [0.5, 0.6) is 5.75 Å². The Labute approximate surface area is 125 Å². The summed E-state index contributed by atoms with van der Waals surface area (Å²) in [7, 11) is 0. The molecule has 4 N–H and O–H groups in total. The molecule has 0 fully saturated rings. The Morgan fingerprint density at radius 1 is 1.33 bits per heavy atom. The molecule has 0 aliphatic heterocycles. The molecule has 1 aromatic carbocycles. The van der Waals surface area contributed by atoms with Crippen molar-refractivity contribution in [3.05, 3.63) is 29.8 Å². The molecule has 0 radical (unpaired) electrons. The van der Waals surface area contributed by atoms with Crippen molar-refractivity contribution in [2.75, 3.05) is 6.61 Å². The summed E-state index contributed by atoms with van der Waals surface area (Å²) < 4.78 is 5.42. The van der Waals surface area contributed by atoms with Gasteiger partial charge in [-0.2, -0.15) is 0 Å². The fraction of sp³-hybridized carbons (Fsp3) is 0.467. The van der Waals surface area contributed by atoms with E-state index in [4.69, 9.17) is 15.7 Å². The molecule has 0 spiro atoms. The molecule has 1 amide bonds. The molecule has 0 saturated carbocycles. The molecule has 0 aliphatic carbocycles. The minimum absolute atomic E-state index is 0.0287. The van der Waals surface area contributed by atoms with Gasteiger partial charge in [0.05, 0.1) is 0 Å². The lowest BCUT2D eigenvalue weighted by atomic mass is 9.96. The van der Waals surface area contributed by atoms with Gasteiger partial charge in [0.15, 0.2) is 12.4 Å². The summed E-state index contributed by atoms with van der Waals surface area (Å²) >= 11 is 0. The van der Waals surface area contributed by atoms with Gasteiger partial charge >= 0.3 is 0 Å². The molecule has 0 aliphatic rings. The van der Waals surface area contributed by atoms with Crippen LogP contribution in [0.25, 0.3) is 0 Å². The maximum absolute atomic E-state index is 11.9. The Morgan fingerprint density at radius 3 is 2.38 bits per heavy atom. The van der Waals surface area contributed by atoms with Crippen LogP contribution in [0.3, 0.4) is 0 Å². The number of nitrogens with two attached hydrogens (primary N) is 1. The first-order valence-corrected chi connectivity index (χ1v) is 6.96. The molecule has 1 rings (SSSR count). The lowest BCUT2D eigenvalue weighted by Gasteiger charge is -2.28. The van der Waals surface area contributed by atoms with Gasteiger partial charge in [-0.25, -0.2) is 0 Å². The predicted octanol–water partition coefficient (Wildman–Crippen LogP) is 1.85. The van der Waals surface area contributed by atoms with Crippen LogP contribution in [0.15, 0.2) is 29.4 Å². The van der Waals surface area contributed by atoms with Crippen molar-refractivity contribution in [2.24, 2.45) is 10.9 Å². The number of benzene rings is 1. The second-order valence-corrected chi connectivity index (χ2v) is 5.11. The number of nitrogens with zero attached hydrogens (tertiary/aromatic N) is 1. The average Bonchev–Trinajstić information content (AvgIpc) is 2.52. The van der Waals surface area contributed by atoms with Crippen LogP contribution >= 0.6 is 0 Å². The van der Waals surface area contributed by atoms with Crippen molar-refractivity contribution < 1.29 is 14.7 Å². The number of amides is 1. The number of ether oxygens (including phenoxy) is 1. The van der Waals surface area contributed by atoms with E-state index in [1.165, 1.54) is 0 Å². The second-order valence-electron chi connectivity index (χ2n) is 5.11. The molecular weight excluding hydrogens is 270 g/mol. The van der Waals surface area contributed by atoms with Crippen molar-refractivity contribution in [1.82, 2.24) is 5.32 Å². The van der Waals surface area contributed by atoms with Gasteiger partial charge in [0, 0.05) is 11.1 Å². The molecule has 21 heavy (non-hydrogen) atoms. The molecule has 116 valence electrons. The number of oxime groups is 1. The zero-order chi connectivity index (χ0) is 15.9. The van der Waals surface area contributed by atoms with Crippen molar-refractivity contribution in [3.63, 3.8) is 0 Å². The van der Waals surface area contributed by atoms with Crippen molar-refractivity contribution in [2.45, 2.75) is 39.2 Å². The van der Waals surface area contributed by atoms with Gasteiger partial charge < -0.3 is 21.0 Å². The van der Waals surface area contributed by atoms with E-state index in [9.17, 15) is 4.79 Å². The summed E-state index contributed by atoms with van der Waals surface area (Å²) in [4.78, 5) is 11.9. The molecule has 0 atom stereocenters. The summed E-state index contributed by atoms with van der Waals surface area (Å²) in [5.74, 6) is 0.428. The number of hydrogen-bond acceptors (Lipinski definition) is 4. The maximum Gasteiger partial charge on any atom is 0.258 e. The van der Waals surface area contributed by atoms with Gasteiger partial charge in [-0.05, 0) is 44.0 Å². The normalized spacial score (nSPS) is 12.0. The molecule has 0 aromatic heterocycles. The zero-order valence-corrected chi connectivity index (χ0v) is 12.7. The molecule has 6 heteroatoms. The Morgan fingerprint density at radius 2 is 1.90 bits per heavy atom. The molecule has 0 bridgehead atoms. The Balaban J connectivity index is 2.54. The third-order valence-corrected chi connectivity index (χ3v) is 3.63. The van der Waals surface area contributed by atoms with Gasteiger partial charge in [-0.1, -0.05) is 19.0 Å². The maximum atomic E-state index is 11.9. The van der Waals surface area contributed by atoms with Gasteiger partial charge in [-0.15, -0.1) is 0 Å². The van der Waals surface area contributed by atoms with E-state index < -0.39 is 0 Å². The van der Waals surface area contributed by atoms with Crippen LogP contribution in [0, 0.1) is 0 Å². The molecule has 0 saturated heterocycles. The number of rotatable bonds is 7. The SMILES string of the molecule is CCC(C)(CC)NC(=O)COc1ccc(/C(N)=N/O)cc1. The van der Waals surface area contributed by atoms with Crippen molar-refractivity contribution in [3.8, 4) is 5.75 Å². The second kappa shape index (κ2) is 7.52. The minimum Gasteiger partial charge on any atom is -0.484 e.